The minimum atomic E-state index is 0.278. The highest BCUT2D eigenvalue weighted by atomic mass is 16.5. The molecule has 1 aromatic rings. The zero-order valence-corrected chi connectivity index (χ0v) is 11.6. The molecule has 0 bridgehead atoms. The van der Waals surface area contributed by atoms with Gasteiger partial charge in [-0.15, -0.1) is 0 Å². The predicted molar refractivity (Wildman–Crippen MR) is 75.5 cm³/mol. The molecule has 3 rings (SSSR count). The van der Waals surface area contributed by atoms with Crippen LogP contribution in [0.5, 0.6) is 11.5 Å². The van der Waals surface area contributed by atoms with Crippen molar-refractivity contribution in [1.82, 2.24) is 5.32 Å². The standard InChI is InChI=1S/C16H23NO2/c1-11-2-4-12(5-3-11)9-17-15-10-19-16-8-13(18)6-7-14(15)16/h6-8,11-12,15,17-18H,2-5,9-10H2,1H3. The molecule has 1 heterocycles. The van der Waals surface area contributed by atoms with Gasteiger partial charge in [0.15, 0.2) is 0 Å². The molecule has 1 saturated carbocycles. The van der Waals surface area contributed by atoms with Crippen molar-refractivity contribution in [1.29, 1.82) is 0 Å². The number of fused-ring (bicyclic) bond motifs is 1. The van der Waals surface area contributed by atoms with E-state index in [9.17, 15) is 5.11 Å². The molecular weight excluding hydrogens is 238 g/mol. The van der Waals surface area contributed by atoms with Gasteiger partial charge in [-0.2, -0.15) is 0 Å². The van der Waals surface area contributed by atoms with E-state index in [1.54, 1.807) is 12.1 Å². The molecule has 0 amide bonds. The topological polar surface area (TPSA) is 41.5 Å². The van der Waals surface area contributed by atoms with Crippen LogP contribution in [0.1, 0.15) is 44.2 Å². The maximum absolute atomic E-state index is 9.44. The Bertz CT molecular complexity index is 438. The van der Waals surface area contributed by atoms with E-state index in [4.69, 9.17) is 4.74 Å². The average molecular weight is 261 g/mol. The highest BCUT2D eigenvalue weighted by molar-refractivity contribution is 5.44. The molecule has 3 nitrogen and oxygen atoms in total. The molecule has 1 atom stereocenters. The summed E-state index contributed by atoms with van der Waals surface area (Å²) < 4.78 is 5.63. The summed E-state index contributed by atoms with van der Waals surface area (Å²) in [6, 6.07) is 5.71. The lowest BCUT2D eigenvalue weighted by Gasteiger charge is -2.27. The molecule has 1 aliphatic heterocycles. The number of ether oxygens (including phenoxy) is 1. The van der Waals surface area contributed by atoms with Gasteiger partial charge in [-0.05, 0) is 43.4 Å². The van der Waals surface area contributed by atoms with Gasteiger partial charge in [-0.25, -0.2) is 0 Å². The zero-order chi connectivity index (χ0) is 13.2. The Morgan fingerprint density at radius 3 is 2.84 bits per heavy atom. The van der Waals surface area contributed by atoms with Crippen LogP contribution in [0.15, 0.2) is 18.2 Å². The van der Waals surface area contributed by atoms with Crippen LogP contribution in [0.3, 0.4) is 0 Å². The van der Waals surface area contributed by atoms with Crippen molar-refractivity contribution in [2.75, 3.05) is 13.2 Å². The van der Waals surface area contributed by atoms with Crippen LogP contribution in [0.4, 0.5) is 0 Å². The van der Waals surface area contributed by atoms with Crippen LogP contribution < -0.4 is 10.1 Å². The normalized spacial score (nSPS) is 29.8. The lowest BCUT2D eigenvalue weighted by molar-refractivity contribution is 0.258. The summed E-state index contributed by atoms with van der Waals surface area (Å²) >= 11 is 0. The molecule has 3 heteroatoms. The van der Waals surface area contributed by atoms with E-state index in [1.165, 1.54) is 31.2 Å². The maximum atomic E-state index is 9.44. The van der Waals surface area contributed by atoms with E-state index in [1.807, 2.05) is 6.07 Å². The molecule has 2 N–H and O–H groups in total. The fourth-order valence-corrected chi connectivity index (χ4v) is 3.21. The fraction of sp³-hybridized carbons (Fsp3) is 0.625. The largest absolute Gasteiger partial charge is 0.508 e. The number of hydrogen-bond donors (Lipinski definition) is 2. The van der Waals surface area contributed by atoms with Crippen molar-refractivity contribution in [2.45, 2.75) is 38.6 Å². The molecule has 1 unspecified atom stereocenters. The van der Waals surface area contributed by atoms with Crippen molar-refractivity contribution >= 4 is 0 Å². The highest BCUT2D eigenvalue weighted by Crippen LogP contribution is 2.35. The van der Waals surface area contributed by atoms with E-state index in [0.29, 0.717) is 6.61 Å². The summed E-state index contributed by atoms with van der Waals surface area (Å²) in [5, 5.41) is 13.1. The van der Waals surface area contributed by atoms with Gasteiger partial charge in [0.2, 0.25) is 0 Å². The van der Waals surface area contributed by atoms with Gasteiger partial charge in [-0.3, -0.25) is 0 Å². The van der Waals surface area contributed by atoms with E-state index in [2.05, 4.69) is 12.2 Å². The van der Waals surface area contributed by atoms with Crippen LogP contribution in [0, 0.1) is 11.8 Å². The SMILES string of the molecule is CC1CCC(CNC2COc3cc(O)ccc32)CC1. The second kappa shape index (κ2) is 5.41. The number of phenols is 1. The van der Waals surface area contributed by atoms with E-state index < -0.39 is 0 Å². The Morgan fingerprint density at radius 1 is 1.26 bits per heavy atom. The first-order chi connectivity index (χ1) is 9.22. The minimum Gasteiger partial charge on any atom is -0.508 e. The van der Waals surface area contributed by atoms with Crippen molar-refractivity contribution in [2.24, 2.45) is 11.8 Å². The lowest BCUT2D eigenvalue weighted by Crippen LogP contribution is -2.30. The minimum absolute atomic E-state index is 0.278. The second-order valence-electron chi connectivity index (χ2n) is 6.12. The van der Waals surface area contributed by atoms with Gasteiger partial charge in [0.1, 0.15) is 18.1 Å². The summed E-state index contributed by atoms with van der Waals surface area (Å²) in [4.78, 5) is 0. The second-order valence-corrected chi connectivity index (χ2v) is 6.12. The number of benzene rings is 1. The van der Waals surface area contributed by atoms with Crippen LogP contribution >= 0.6 is 0 Å². The van der Waals surface area contributed by atoms with Gasteiger partial charge >= 0.3 is 0 Å². The molecule has 0 radical (unpaired) electrons. The van der Waals surface area contributed by atoms with E-state index >= 15 is 0 Å². The van der Waals surface area contributed by atoms with Gasteiger partial charge in [0, 0.05) is 11.6 Å². The molecule has 0 saturated heterocycles. The average Bonchev–Trinajstić information content (AvgIpc) is 2.80. The predicted octanol–water partition coefficient (Wildman–Crippen LogP) is 3.24. The fourth-order valence-electron chi connectivity index (χ4n) is 3.21. The van der Waals surface area contributed by atoms with E-state index in [-0.39, 0.29) is 11.8 Å². The summed E-state index contributed by atoms with van der Waals surface area (Å²) in [5.74, 6) is 2.84. The third-order valence-electron chi connectivity index (χ3n) is 4.57. The number of aromatic hydroxyl groups is 1. The number of phenolic OH excluding ortho intramolecular Hbond substituents is 1. The summed E-state index contributed by atoms with van der Waals surface area (Å²) in [6.45, 7) is 4.13. The Balaban J connectivity index is 1.55. The zero-order valence-electron chi connectivity index (χ0n) is 11.6. The molecule has 0 aromatic heterocycles. The Labute approximate surface area is 115 Å². The summed E-state index contributed by atoms with van der Waals surface area (Å²) in [7, 11) is 0. The Morgan fingerprint density at radius 2 is 2.05 bits per heavy atom. The van der Waals surface area contributed by atoms with Gasteiger partial charge in [0.05, 0.1) is 6.04 Å². The molecule has 0 spiro atoms. The van der Waals surface area contributed by atoms with Crippen molar-refractivity contribution in [3.63, 3.8) is 0 Å². The van der Waals surface area contributed by atoms with Crippen LogP contribution in [-0.2, 0) is 0 Å². The van der Waals surface area contributed by atoms with Crippen LogP contribution in [-0.4, -0.2) is 18.3 Å². The molecule has 2 aliphatic rings. The molecule has 19 heavy (non-hydrogen) atoms. The van der Waals surface area contributed by atoms with Gasteiger partial charge < -0.3 is 15.2 Å². The highest BCUT2D eigenvalue weighted by Gasteiger charge is 2.25. The summed E-state index contributed by atoms with van der Waals surface area (Å²) in [6.07, 6.45) is 5.45. The van der Waals surface area contributed by atoms with Crippen molar-refractivity contribution in [3.05, 3.63) is 23.8 Å². The first kappa shape index (κ1) is 12.8. The molecule has 1 aliphatic carbocycles. The smallest absolute Gasteiger partial charge is 0.127 e. The molecule has 104 valence electrons. The molecule has 1 fully saturated rings. The molecular formula is C16H23NO2. The Hall–Kier alpha value is -1.22. The quantitative estimate of drug-likeness (QED) is 0.877. The summed E-state index contributed by atoms with van der Waals surface area (Å²) in [5.41, 5.74) is 1.18. The maximum Gasteiger partial charge on any atom is 0.127 e. The number of nitrogens with one attached hydrogen (secondary N) is 1. The third kappa shape index (κ3) is 2.86. The van der Waals surface area contributed by atoms with Gasteiger partial charge in [-0.1, -0.05) is 19.8 Å². The van der Waals surface area contributed by atoms with Crippen molar-refractivity contribution < 1.29 is 9.84 Å². The van der Waals surface area contributed by atoms with E-state index in [0.717, 1.165) is 24.1 Å². The first-order valence-corrected chi connectivity index (χ1v) is 7.41. The lowest BCUT2D eigenvalue weighted by atomic mass is 9.83. The monoisotopic (exact) mass is 261 g/mol. The van der Waals surface area contributed by atoms with Crippen LogP contribution in [0.25, 0.3) is 0 Å². The number of hydrogen-bond acceptors (Lipinski definition) is 3. The van der Waals surface area contributed by atoms with Crippen molar-refractivity contribution in [3.8, 4) is 11.5 Å². The molecule has 1 aromatic carbocycles. The number of rotatable bonds is 3. The third-order valence-corrected chi connectivity index (χ3v) is 4.57. The van der Waals surface area contributed by atoms with Crippen LogP contribution in [0.2, 0.25) is 0 Å². The van der Waals surface area contributed by atoms with Gasteiger partial charge in [0.25, 0.3) is 0 Å². The Kier molecular flexibility index (Phi) is 3.65. The first-order valence-electron chi connectivity index (χ1n) is 7.41.